The fraction of sp³-hybridized carbons (Fsp3) is 0.200. The smallest absolute Gasteiger partial charge is 0.0650 e. The van der Waals surface area contributed by atoms with Gasteiger partial charge in [-0.25, -0.2) is 0 Å². The van der Waals surface area contributed by atoms with Crippen molar-refractivity contribution in [2.24, 2.45) is 0 Å². The second-order valence-corrected chi connectivity index (χ2v) is 4.62. The third-order valence-electron chi connectivity index (χ3n) is 2.07. The van der Waals surface area contributed by atoms with Crippen LogP contribution in [0, 0.1) is 3.57 Å². The van der Waals surface area contributed by atoms with E-state index in [0.717, 1.165) is 23.8 Å². The Morgan fingerprint density at radius 1 is 1.23 bits per heavy atom. The number of benzene rings is 1. The van der Waals surface area contributed by atoms with Gasteiger partial charge in [0.25, 0.3) is 0 Å². The number of anilines is 1. The Balaban J connectivity index is 2.30. The quantitative estimate of drug-likeness (QED) is 0.568. The molecule has 0 amide bonds. The second-order valence-electron chi connectivity index (χ2n) is 2.97. The van der Waals surface area contributed by atoms with Crippen LogP contribution in [0.25, 0.3) is 0 Å². The van der Waals surface area contributed by atoms with E-state index in [1.807, 2.05) is 6.07 Å². The van der Waals surface area contributed by atoms with Gasteiger partial charge in [0.15, 0.2) is 0 Å². The van der Waals surface area contributed by atoms with Gasteiger partial charge < -0.3 is 4.90 Å². The van der Waals surface area contributed by atoms with E-state index in [-0.39, 0.29) is 0 Å². The molecule has 0 aromatic heterocycles. The van der Waals surface area contributed by atoms with Crippen LogP contribution < -0.4 is 4.90 Å². The van der Waals surface area contributed by atoms with Crippen molar-refractivity contribution < 1.29 is 0 Å². The lowest BCUT2D eigenvalue weighted by molar-refractivity contribution is 1.01. The zero-order valence-corrected chi connectivity index (χ0v) is 9.92. The first-order chi connectivity index (χ1) is 6.27. The molecule has 2 rings (SSSR count). The molecule has 1 aliphatic heterocycles. The summed E-state index contributed by atoms with van der Waals surface area (Å²) in [5, 5.41) is 0.843. The van der Waals surface area contributed by atoms with Crippen LogP contribution in [0.1, 0.15) is 0 Å². The molecule has 1 heterocycles. The van der Waals surface area contributed by atoms with Crippen molar-refractivity contribution in [1.82, 2.24) is 0 Å². The van der Waals surface area contributed by atoms with Crippen molar-refractivity contribution in [1.29, 1.82) is 0 Å². The zero-order valence-electron chi connectivity index (χ0n) is 7.00. The normalized spacial score (nSPS) is 15.4. The topological polar surface area (TPSA) is 3.24 Å². The molecule has 0 N–H and O–H groups in total. The van der Waals surface area contributed by atoms with Crippen LogP contribution in [0.4, 0.5) is 5.69 Å². The van der Waals surface area contributed by atoms with Gasteiger partial charge in [0.2, 0.25) is 0 Å². The van der Waals surface area contributed by atoms with Gasteiger partial charge in [0.05, 0.1) is 10.7 Å². The minimum atomic E-state index is 0.843. The van der Waals surface area contributed by atoms with Crippen LogP contribution in [-0.4, -0.2) is 13.1 Å². The molecule has 68 valence electrons. The molecule has 1 nitrogen and oxygen atoms in total. The van der Waals surface area contributed by atoms with Crippen LogP contribution in [0.3, 0.4) is 0 Å². The summed E-state index contributed by atoms with van der Waals surface area (Å²) < 4.78 is 1.18. The van der Waals surface area contributed by atoms with Gasteiger partial charge in [-0.2, -0.15) is 0 Å². The van der Waals surface area contributed by atoms with E-state index >= 15 is 0 Å². The van der Waals surface area contributed by atoms with E-state index in [0.29, 0.717) is 0 Å². The molecule has 1 aromatic carbocycles. The predicted octanol–water partition coefficient (Wildman–Crippen LogP) is 3.32. The lowest BCUT2D eigenvalue weighted by Gasteiger charge is -2.18. The van der Waals surface area contributed by atoms with E-state index in [2.05, 4.69) is 51.8 Å². The van der Waals surface area contributed by atoms with Gasteiger partial charge in [-0.3, -0.25) is 0 Å². The molecule has 0 unspecified atom stereocenters. The molecule has 1 aliphatic rings. The Morgan fingerprint density at radius 2 is 1.92 bits per heavy atom. The highest BCUT2D eigenvalue weighted by atomic mass is 127. The maximum absolute atomic E-state index is 6.14. The highest BCUT2D eigenvalue weighted by Gasteiger charge is 2.10. The Morgan fingerprint density at radius 3 is 2.54 bits per heavy atom. The molecule has 0 saturated carbocycles. The number of halogens is 2. The van der Waals surface area contributed by atoms with E-state index in [1.165, 1.54) is 3.57 Å². The standard InChI is InChI=1S/C10H9ClIN/c11-9-7-8(12)3-4-10(9)13-5-1-2-6-13/h1-4,7H,5-6H2. The van der Waals surface area contributed by atoms with Gasteiger partial charge in [-0.1, -0.05) is 23.8 Å². The molecule has 0 saturated heterocycles. The summed E-state index contributed by atoms with van der Waals surface area (Å²) in [6, 6.07) is 6.16. The monoisotopic (exact) mass is 305 g/mol. The first-order valence-electron chi connectivity index (χ1n) is 4.12. The SMILES string of the molecule is Clc1cc(I)ccc1N1CC=CC1. The molecule has 0 atom stereocenters. The minimum Gasteiger partial charge on any atom is -0.363 e. The number of rotatable bonds is 1. The predicted molar refractivity (Wildman–Crippen MR) is 65.5 cm³/mol. The first kappa shape index (κ1) is 9.34. The van der Waals surface area contributed by atoms with E-state index in [1.54, 1.807) is 0 Å². The molecule has 1 aromatic rings. The molecule has 0 aliphatic carbocycles. The molecular weight excluding hydrogens is 296 g/mol. The summed E-state index contributed by atoms with van der Waals surface area (Å²) in [6.07, 6.45) is 4.32. The molecule has 0 spiro atoms. The molecular formula is C10H9ClIN. The van der Waals surface area contributed by atoms with Crippen molar-refractivity contribution in [3.8, 4) is 0 Å². The maximum Gasteiger partial charge on any atom is 0.0650 e. The van der Waals surface area contributed by atoms with Gasteiger partial charge in [-0.05, 0) is 40.8 Å². The Labute approximate surface area is 96.5 Å². The number of nitrogens with zero attached hydrogens (tertiary/aromatic N) is 1. The summed E-state index contributed by atoms with van der Waals surface area (Å²) in [5.74, 6) is 0. The van der Waals surface area contributed by atoms with Gasteiger partial charge in [0.1, 0.15) is 0 Å². The molecule has 0 fully saturated rings. The van der Waals surface area contributed by atoms with Crippen LogP contribution in [-0.2, 0) is 0 Å². The lowest BCUT2D eigenvalue weighted by atomic mass is 10.3. The largest absolute Gasteiger partial charge is 0.363 e. The molecule has 13 heavy (non-hydrogen) atoms. The van der Waals surface area contributed by atoms with Crippen LogP contribution in [0.15, 0.2) is 30.4 Å². The Kier molecular flexibility index (Phi) is 2.79. The van der Waals surface area contributed by atoms with Crippen LogP contribution in [0.2, 0.25) is 5.02 Å². The molecule has 0 bridgehead atoms. The third-order valence-corrected chi connectivity index (χ3v) is 3.04. The van der Waals surface area contributed by atoms with Gasteiger partial charge in [0, 0.05) is 16.7 Å². The highest BCUT2D eigenvalue weighted by Crippen LogP contribution is 2.28. The summed E-state index contributed by atoms with van der Waals surface area (Å²) in [7, 11) is 0. The van der Waals surface area contributed by atoms with Gasteiger partial charge >= 0.3 is 0 Å². The number of hydrogen-bond acceptors (Lipinski definition) is 1. The zero-order chi connectivity index (χ0) is 9.26. The number of hydrogen-bond donors (Lipinski definition) is 0. The van der Waals surface area contributed by atoms with Crippen LogP contribution in [0.5, 0.6) is 0 Å². The van der Waals surface area contributed by atoms with Crippen molar-refractivity contribution in [3.63, 3.8) is 0 Å². The van der Waals surface area contributed by atoms with E-state index in [4.69, 9.17) is 11.6 Å². The Hall–Kier alpha value is -0.220. The van der Waals surface area contributed by atoms with Crippen LogP contribution >= 0.6 is 34.2 Å². The average Bonchev–Trinajstić information content (AvgIpc) is 2.56. The minimum absolute atomic E-state index is 0.843. The maximum atomic E-state index is 6.14. The van der Waals surface area contributed by atoms with E-state index in [9.17, 15) is 0 Å². The fourth-order valence-corrected chi connectivity index (χ4v) is 2.39. The first-order valence-corrected chi connectivity index (χ1v) is 5.58. The summed E-state index contributed by atoms with van der Waals surface area (Å²) in [6.45, 7) is 1.95. The summed E-state index contributed by atoms with van der Waals surface area (Å²) in [5.41, 5.74) is 1.13. The lowest BCUT2D eigenvalue weighted by Crippen LogP contribution is -2.18. The highest BCUT2D eigenvalue weighted by molar-refractivity contribution is 14.1. The van der Waals surface area contributed by atoms with Crippen molar-refractivity contribution >= 4 is 39.9 Å². The average molecular weight is 306 g/mol. The fourth-order valence-electron chi connectivity index (χ4n) is 1.41. The molecule has 0 radical (unpaired) electrons. The van der Waals surface area contributed by atoms with Crippen molar-refractivity contribution in [2.45, 2.75) is 0 Å². The summed E-state index contributed by atoms with van der Waals surface area (Å²) >= 11 is 8.40. The van der Waals surface area contributed by atoms with E-state index < -0.39 is 0 Å². The summed E-state index contributed by atoms with van der Waals surface area (Å²) in [4.78, 5) is 2.25. The van der Waals surface area contributed by atoms with Gasteiger partial charge in [-0.15, -0.1) is 0 Å². The van der Waals surface area contributed by atoms with Crippen molar-refractivity contribution in [2.75, 3.05) is 18.0 Å². The van der Waals surface area contributed by atoms with Crippen molar-refractivity contribution in [3.05, 3.63) is 38.9 Å². The molecule has 3 heteroatoms. The Bertz CT molecular complexity index is 341. The third kappa shape index (κ3) is 1.99. The second kappa shape index (κ2) is 3.88.